The van der Waals surface area contributed by atoms with Crippen LogP contribution in [0.1, 0.15) is 42.4 Å². The molecule has 204 valence electrons. The molecule has 1 aromatic carbocycles. The van der Waals surface area contributed by atoms with Crippen molar-refractivity contribution in [1.82, 2.24) is 10.3 Å². The number of carboxylic acid groups (broad SMARTS) is 1. The maximum absolute atomic E-state index is 12.6. The van der Waals surface area contributed by atoms with Crippen molar-refractivity contribution in [2.45, 2.75) is 50.7 Å². The molecule has 0 spiro atoms. The second-order valence-electron chi connectivity index (χ2n) is 10.3. The van der Waals surface area contributed by atoms with Crippen LogP contribution in [0.4, 0.5) is 16.4 Å². The fourth-order valence-electron chi connectivity index (χ4n) is 6.04. The molecule has 2 unspecified atom stereocenters. The normalized spacial score (nSPS) is 25.2. The first-order chi connectivity index (χ1) is 19.0. The molecule has 2 aromatic rings. The average Bonchev–Trinajstić information content (AvgIpc) is 3.55. The largest absolute Gasteiger partial charge is 0.483 e. The van der Waals surface area contributed by atoms with E-state index in [4.69, 9.17) is 19.4 Å². The van der Waals surface area contributed by atoms with Gasteiger partial charge < -0.3 is 25.2 Å². The predicted molar refractivity (Wildman–Crippen MR) is 140 cm³/mol. The van der Waals surface area contributed by atoms with E-state index < -0.39 is 6.09 Å². The number of nitrogens with one attached hydrogen (secondary N) is 2. The van der Waals surface area contributed by atoms with Crippen LogP contribution in [-0.4, -0.2) is 60.4 Å². The summed E-state index contributed by atoms with van der Waals surface area (Å²) < 4.78 is 11.1. The number of carbonyl (C=O) groups is 3. The number of fused-ring (bicyclic) bond motifs is 2. The molecule has 3 N–H and O–H groups in total. The van der Waals surface area contributed by atoms with Gasteiger partial charge in [-0.3, -0.25) is 14.5 Å². The number of carbonyl (C=O) groups excluding carboxylic acids is 2. The first kappa shape index (κ1) is 26.4. The summed E-state index contributed by atoms with van der Waals surface area (Å²) in [5.41, 5.74) is 3.37. The molecule has 11 nitrogen and oxygen atoms in total. The van der Waals surface area contributed by atoms with Crippen LogP contribution in [0.25, 0.3) is 0 Å². The molecule has 0 radical (unpaired) electrons. The number of hydrogen-bond acceptors (Lipinski definition) is 8. The van der Waals surface area contributed by atoms with Gasteiger partial charge in [-0.25, -0.2) is 9.78 Å². The van der Waals surface area contributed by atoms with Gasteiger partial charge in [0.15, 0.2) is 18.2 Å². The van der Waals surface area contributed by atoms with Crippen molar-refractivity contribution in [2.24, 2.45) is 11.8 Å². The van der Waals surface area contributed by atoms with E-state index in [0.29, 0.717) is 41.8 Å². The maximum atomic E-state index is 12.6. The minimum absolute atomic E-state index is 0.0319. The Morgan fingerprint density at radius 2 is 1.97 bits per heavy atom. The average molecular weight is 534 g/mol. The van der Waals surface area contributed by atoms with E-state index in [1.165, 1.54) is 11.1 Å². The van der Waals surface area contributed by atoms with E-state index in [-0.39, 0.29) is 25.1 Å². The number of nitriles is 1. The molecule has 4 aliphatic rings. The van der Waals surface area contributed by atoms with Crippen molar-refractivity contribution in [3.63, 3.8) is 0 Å². The van der Waals surface area contributed by atoms with Gasteiger partial charge in [-0.2, -0.15) is 5.26 Å². The van der Waals surface area contributed by atoms with Gasteiger partial charge in [0.1, 0.15) is 11.9 Å². The van der Waals surface area contributed by atoms with E-state index >= 15 is 0 Å². The highest BCUT2D eigenvalue weighted by molar-refractivity contribution is 5.95. The van der Waals surface area contributed by atoms with Gasteiger partial charge in [0.2, 0.25) is 0 Å². The summed E-state index contributed by atoms with van der Waals surface area (Å²) in [6, 6.07) is 12.3. The quantitative estimate of drug-likeness (QED) is 0.492. The number of pyridine rings is 1. The minimum atomic E-state index is -0.395. The number of anilines is 2. The summed E-state index contributed by atoms with van der Waals surface area (Å²) in [6.45, 7) is 1.14. The minimum Gasteiger partial charge on any atom is -0.483 e. The highest BCUT2D eigenvalue weighted by atomic mass is 16.6. The van der Waals surface area contributed by atoms with E-state index in [0.717, 1.165) is 50.6 Å². The maximum Gasteiger partial charge on any atom is 0.415 e. The number of rotatable bonds is 5. The number of cyclic esters (lactones) is 1. The molecule has 1 aromatic heterocycles. The summed E-state index contributed by atoms with van der Waals surface area (Å²) in [5, 5.41) is 22.7. The summed E-state index contributed by atoms with van der Waals surface area (Å²) in [4.78, 5) is 38.6. The topological polar surface area (TPSA) is 154 Å². The fourth-order valence-corrected chi connectivity index (χ4v) is 6.04. The summed E-state index contributed by atoms with van der Waals surface area (Å²) in [6.07, 6.45) is 5.59. The lowest BCUT2D eigenvalue weighted by molar-refractivity contribution is -0.123. The van der Waals surface area contributed by atoms with Gasteiger partial charge >= 0.3 is 6.09 Å². The molecule has 11 heteroatoms. The Kier molecular flexibility index (Phi) is 7.93. The van der Waals surface area contributed by atoms with Crippen molar-refractivity contribution in [1.29, 1.82) is 5.26 Å². The Hall–Kier alpha value is -4.17. The molecule has 6 rings (SSSR count). The molecule has 2 aliphatic heterocycles. The van der Waals surface area contributed by atoms with Gasteiger partial charge in [0.05, 0.1) is 18.2 Å². The SMILES string of the molecule is N#Cc1cccc2c1CC(CN[C@H]1CC[C@H](C3CN(c4ccc5c(n4)NC(=O)CO5)C(=O)O3)CC1)C2.O=CO. The summed E-state index contributed by atoms with van der Waals surface area (Å²) in [7, 11) is 0. The Bertz CT molecular complexity index is 1290. The predicted octanol–water partition coefficient (Wildman–Crippen LogP) is 2.87. The van der Waals surface area contributed by atoms with Crippen LogP contribution in [0.3, 0.4) is 0 Å². The molecule has 2 atom stereocenters. The second kappa shape index (κ2) is 11.7. The monoisotopic (exact) mass is 533 g/mol. The molecule has 1 saturated carbocycles. The summed E-state index contributed by atoms with van der Waals surface area (Å²) in [5.74, 6) is 1.90. The molecule has 2 aliphatic carbocycles. The standard InChI is InChI=1S/C27H29N5O4.CH2O2/c28-12-19-3-1-2-18-10-16(11-21(18)19)13-29-20-6-4-17(5-7-20)23-14-32(27(34)36-23)24-9-8-22-26(30-24)31-25(33)15-35-22;2-1-3/h1-3,8-9,16-17,20,23,29H,4-7,10-11,13-15H2,(H,30,31,33);1H,(H,2,3)/t16?,17-,20-,23?;. The number of nitrogens with zero attached hydrogens (tertiary/aromatic N) is 3. The van der Waals surface area contributed by atoms with Gasteiger partial charge in [-0.05, 0) is 86.2 Å². The Morgan fingerprint density at radius 1 is 1.18 bits per heavy atom. The van der Waals surface area contributed by atoms with Crippen LogP contribution in [-0.2, 0) is 27.2 Å². The molecular formula is C28H31N5O6. The van der Waals surface area contributed by atoms with Crippen molar-refractivity contribution in [3.8, 4) is 11.8 Å². The lowest BCUT2D eigenvalue weighted by Crippen LogP contribution is -2.39. The lowest BCUT2D eigenvalue weighted by Gasteiger charge is -2.32. The van der Waals surface area contributed by atoms with Crippen LogP contribution in [0.2, 0.25) is 0 Å². The van der Waals surface area contributed by atoms with Crippen LogP contribution < -0.4 is 20.3 Å². The Labute approximate surface area is 226 Å². The van der Waals surface area contributed by atoms with E-state index in [2.05, 4.69) is 27.8 Å². The third-order valence-electron chi connectivity index (χ3n) is 7.96. The lowest BCUT2D eigenvalue weighted by atomic mass is 9.82. The van der Waals surface area contributed by atoms with Crippen molar-refractivity contribution < 1.29 is 29.0 Å². The molecule has 1 saturated heterocycles. The number of ether oxygens (including phenoxy) is 2. The zero-order valence-corrected chi connectivity index (χ0v) is 21.5. The zero-order valence-electron chi connectivity index (χ0n) is 21.5. The first-order valence-corrected chi connectivity index (χ1v) is 13.2. The first-order valence-electron chi connectivity index (χ1n) is 13.2. The van der Waals surface area contributed by atoms with Crippen molar-refractivity contribution >= 4 is 30.1 Å². The molecule has 39 heavy (non-hydrogen) atoms. The number of amides is 2. The third kappa shape index (κ3) is 5.81. The molecule has 2 fully saturated rings. The third-order valence-corrected chi connectivity index (χ3v) is 7.96. The smallest absolute Gasteiger partial charge is 0.415 e. The van der Waals surface area contributed by atoms with Crippen LogP contribution in [0, 0.1) is 23.2 Å². The van der Waals surface area contributed by atoms with Crippen molar-refractivity contribution in [3.05, 3.63) is 47.0 Å². The van der Waals surface area contributed by atoms with E-state index in [9.17, 15) is 14.9 Å². The van der Waals surface area contributed by atoms with Crippen molar-refractivity contribution in [2.75, 3.05) is 29.9 Å². The Balaban J connectivity index is 0.000000983. The summed E-state index contributed by atoms with van der Waals surface area (Å²) >= 11 is 0. The molecule has 2 amide bonds. The van der Waals surface area contributed by atoms with Crippen LogP contribution in [0.15, 0.2) is 30.3 Å². The van der Waals surface area contributed by atoms with Gasteiger partial charge in [0, 0.05) is 6.04 Å². The van der Waals surface area contributed by atoms with Crippen LogP contribution in [0.5, 0.6) is 5.75 Å². The highest BCUT2D eigenvalue weighted by Crippen LogP contribution is 2.35. The number of aromatic nitrogens is 1. The second-order valence-corrected chi connectivity index (χ2v) is 10.3. The van der Waals surface area contributed by atoms with E-state index in [1.54, 1.807) is 17.0 Å². The fraction of sp³-hybridized carbons (Fsp3) is 0.464. The number of hydrogen-bond donors (Lipinski definition) is 3. The van der Waals surface area contributed by atoms with Crippen LogP contribution >= 0.6 is 0 Å². The number of benzene rings is 1. The Morgan fingerprint density at radius 3 is 2.74 bits per heavy atom. The van der Waals surface area contributed by atoms with E-state index in [1.807, 2.05) is 12.1 Å². The highest BCUT2D eigenvalue weighted by Gasteiger charge is 2.40. The zero-order chi connectivity index (χ0) is 27.4. The molecular weight excluding hydrogens is 502 g/mol. The van der Waals surface area contributed by atoms with Gasteiger partial charge in [0.25, 0.3) is 12.4 Å². The molecule has 0 bridgehead atoms. The molecule has 3 heterocycles. The van der Waals surface area contributed by atoms with Gasteiger partial charge in [-0.15, -0.1) is 0 Å². The van der Waals surface area contributed by atoms with Gasteiger partial charge in [-0.1, -0.05) is 12.1 Å².